The molecule has 35 heavy (non-hydrogen) atoms. The Labute approximate surface area is 211 Å². The third-order valence-corrected chi connectivity index (χ3v) is 6.49. The number of nitrogens with zero attached hydrogens (tertiary/aromatic N) is 5. The van der Waals surface area contributed by atoms with Gasteiger partial charge in [-0.2, -0.15) is 10.4 Å². The average molecular weight is 513 g/mol. The number of nitriles is 1. The molecule has 0 spiro atoms. The Balaban J connectivity index is 1.48. The van der Waals surface area contributed by atoms with Crippen LogP contribution in [0.15, 0.2) is 41.5 Å². The van der Waals surface area contributed by atoms with Crippen molar-refractivity contribution in [2.75, 3.05) is 23.0 Å². The number of fused-ring (bicyclic) bond motifs is 1. The number of nitrogens with one attached hydrogen (secondary N) is 1. The lowest BCUT2D eigenvalue weighted by Gasteiger charge is -2.32. The van der Waals surface area contributed by atoms with Crippen LogP contribution in [0.4, 0.5) is 11.4 Å². The molecule has 2 aliphatic rings. The van der Waals surface area contributed by atoms with Crippen molar-refractivity contribution in [3.63, 3.8) is 0 Å². The minimum atomic E-state index is -1.39. The first-order chi connectivity index (χ1) is 16.8. The minimum Gasteiger partial charge on any atom is -0.454 e. The Bertz CT molecular complexity index is 1350. The number of aromatic nitrogens is 1. The van der Waals surface area contributed by atoms with Gasteiger partial charge in [-0.1, -0.05) is 23.2 Å². The summed E-state index contributed by atoms with van der Waals surface area (Å²) in [6, 6.07) is 12.5. The first-order valence-corrected chi connectivity index (χ1v) is 11.8. The molecule has 0 amide bonds. The highest BCUT2D eigenvalue weighted by Crippen LogP contribution is 2.41. The van der Waals surface area contributed by atoms with Crippen LogP contribution in [-0.2, 0) is 0 Å². The summed E-state index contributed by atoms with van der Waals surface area (Å²) in [7, 11) is 0. The molecule has 3 aromatic rings. The summed E-state index contributed by atoms with van der Waals surface area (Å²) in [5.74, 6) is 0.788. The fourth-order valence-electron chi connectivity index (χ4n) is 4.29. The first kappa shape index (κ1) is 23.6. The molecule has 2 aromatic carbocycles. The fourth-order valence-corrected chi connectivity index (χ4v) is 4.84. The first-order valence-electron chi connectivity index (χ1n) is 11.1. The number of hydrogen-bond donors (Lipinski definition) is 3. The highest BCUT2D eigenvalue weighted by molar-refractivity contribution is 6.37. The van der Waals surface area contributed by atoms with Crippen LogP contribution in [-0.4, -0.2) is 46.6 Å². The van der Waals surface area contributed by atoms with E-state index in [4.69, 9.17) is 33.2 Å². The summed E-state index contributed by atoms with van der Waals surface area (Å²) in [5, 5.41) is 38.0. The summed E-state index contributed by atoms with van der Waals surface area (Å²) in [5.41, 5.74) is 3.06. The van der Waals surface area contributed by atoms with Gasteiger partial charge in [0.2, 0.25) is 6.35 Å². The van der Waals surface area contributed by atoms with Crippen molar-refractivity contribution in [3.05, 3.63) is 52.1 Å². The van der Waals surface area contributed by atoms with E-state index in [1.165, 1.54) is 12.1 Å². The Morgan fingerprint density at radius 1 is 1.11 bits per heavy atom. The van der Waals surface area contributed by atoms with Gasteiger partial charge in [0.15, 0.2) is 17.7 Å². The number of hydrogen-bond acceptors (Lipinski definition) is 9. The zero-order valence-electron chi connectivity index (χ0n) is 18.7. The SMILES string of the molecule is Cc1cc(N2CCCC2)c2cc(Oc3c(Cl)cc(N4N=C(C#N)C(O)NC4O)cc3Cl)ccc2n1. The van der Waals surface area contributed by atoms with Crippen LogP contribution in [0.25, 0.3) is 10.9 Å². The van der Waals surface area contributed by atoms with E-state index in [1.807, 2.05) is 25.1 Å². The Hall–Kier alpha value is -3.13. The normalized spacial score (nSPS) is 20.2. The van der Waals surface area contributed by atoms with Crippen LogP contribution in [0.5, 0.6) is 11.5 Å². The number of rotatable bonds is 4. The molecule has 1 aromatic heterocycles. The molecule has 5 rings (SSSR count). The number of aliphatic hydroxyl groups is 2. The van der Waals surface area contributed by atoms with Gasteiger partial charge in [0.1, 0.15) is 11.8 Å². The van der Waals surface area contributed by atoms with Gasteiger partial charge in [0, 0.05) is 29.9 Å². The average Bonchev–Trinajstić information content (AvgIpc) is 3.36. The highest BCUT2D eigenvalue weighted by atomic mass is 35.5. The predicted octanol–water partition coefficient (Wildman–Crippen LogP) is 4.13. The lowest BCUT2D eigenvalue weighted by molar-refractivity contribution is 0.0631. The molecule has 0 radical (unpaired) electrons. The largest absolute Gasteiger partial charge is 0.454 e. The quantitative estimate of drug-likeness (QED) is 0.477. The number of hydrazone groups is 1. The molecule has 2 atom stereocenters. The summed E-state index contributed by atoms with van der Waals surface area (Å²) >= 11 is 13.0. The lowest BCUT2D eigenvalue weighted by atomic mass is 10.1. The van der Waals surface area contributed by atoms with Gasteiger partial charge in [0.05, 0.1) is 21.2 Å². The van der Waals surface area contributed by atoms with E-state index in [9.17, 15) is 10.2 Å². The van der Waals surface area contributed by atoms with Crippen molar-refractivity contribution in [2.45, 2.75) is 32.3 Å². The molecule has 3 heterocycles. The summed E-state index contributed by atoms with van der Waals surface area (Å²) in [6.45, 7) is 4.00. The molecular weight excluding hydrogens is 491 g/mol. The molecule has 1 fully saturated rings. The predicted molar refractivity (Wildman–Crippen MR) is 135 cm³/mol. The van der Waals surface area contributed by atoms with Gasteiger partial charge in [0.25, 0.3) is 0 Å². The van der Waals surface area contributed by atoms with Gasteiger partial charge in [-0.25, -0.2) is 10.3 Å². The third kappa shape index (κ3) is 4.59. The van der Waals surface area contributed by atoms with Crippen LogP contribution in [0.2, 0.25) is 10.0 Å². The van der Waals surface area contributed by atoms with E-state index in [1.54, 1.807) is 6.07 Å². The third-order valence-electron chi connectivity index (χ3n) is 5.93. The Kier molecular flexibility index (Phi) is 6.40. The minimum absolute atomic E-state index is 0.182. The molecule has 0 bridgehead atoms. The second-order valence-corrected chi connectivity index (χ2v) is 9.20. The molecule has 0 aliphatic carbocycles. The Morgan fingerprint density at radius 3 is 2.51 bits per heavy atom. The lowest BCUT2D eigenvalue weighted by Crippen LogP contribution is -2.55. The summed E-state index contributed by atoms with van der Waals surface area (Å²) < 4.78 is 6.09. The van der Waals surface area contributed by atoms with Crippen molar-refractivity contribution in [1.82, 2.24) is 10.3 Å². The fraction of sp³-hybridized carbons (Fsp3) is 0.292. The van der Waals surface area contributed by atoms with Crippen LogP contribution in [0.3, 0.4) is 0 Å². The smallest absolute Gasteiger partial charge is 0.206 e. The highest BCUT2D eigenvalue weighted by Gasteiger charge is 2.29. The topological polar surface area (TPSA) is 117 Å². The van der Waals surface area contributed by atoms with Crippen LogP contribution >= 0.6 is 23.2 Å². The molecule has 1 saturated heterocycles. The van der Waals surface area contributed by atoms with E-state index in [0.717, 1.165) is 53.2 Å². The molecule has 3 N–H and O–H groups in total. The zero-order chi connectivity index (χ0) is 24.7. The number of halogens is 2. The van der Waals surface area contributed by atoms with E-state index in [2.05, 4.69) is 26.4 Å². The monoisotopic (exact) mass is 512 g/mol. The second kappa shape index (κ2) is 9.49. The van der Waals surface area contributed by atoms with E-state index in [-0.39, 0.29) is 21.5 Å². The summed E-state index contributed by atoms with van der Waals surface area (Å²) in [4.78, 5) is 7.02. The maximum Gasteiger partial charge on any atom is 0.206 e. The van der Waals surface area contributed by atoms with Crippen molar-refractivity contribution in [3.8, 4) is 17.6 Å². The van der Waals surface area contributed by atoms with Crippen molar-refractivity contribution < 1.29 is 14.9 Å². The maximum absolute atomic E-state index is 10.2. The number of anilines is 2. The van der Waals surface area contributed by atoms with E-state index in [0.29, 0.717) is 11.4 Å². The van der Waals surface area contributed by atoms with Gasteiger partial charge in [-0.05, 0) is 56.2 Å². The number of aliphatic hydroxyl groups excluding tert-OH is 2. The number of aryl methyl sites for hydroxylation is 1. The standard InChI is InChI=1S/C24H22Cl2N6O3/c1-13-8-21(31-6-2-3-7-31)16-11-15(4-5-19(16)28-13)35-22-17(25)9-14(10-18(22)26)32-24(34)29-23(33)20(12-27)30-32/h4-5,8-11,23-24,29,33-34H,2-3,6-7H2,1H3. The van der Waals surface area contributed by atoms with Crippen molar-refractivity contribution >= 4 is 51.2 Å². The molecule has 0 saturated carbocycles. The van der Waals surface area contributed by atoms with Gasteiger partial charge in [-0.15, -0.1) is 0 Å². The maximum atomic E-state index is 10.2. The van der Waals surface area contributed by atoms with Crippen molar-refractivity contribution in [2.24, 2.45) is 5.10 Å². The molecule has 2 aliphatic heterocycles. The summed E-state index contributed by atoms with van der Waals surface area (Å²) in [6.07, 6.45) is -0.439. The van der Waals surface area contributed by atoms with Crippen LogP contribution in [0, 0.1) is 18.3 Å². The second-order valence-electron chi connectivity index (χ2n) is 8.38. The zero-order valence-corrected chi connectivity index (χ0v) is 20.3. The van der Waals surface area contributed by atoms with Crippen LogP contribution in [0.1, 0.15) is 18.5 Å². The Morgan fingerprint density at radius 2 is 1.83 bits per heavy atom. The molecular formula is C24H22Cl2N6O3. The molecule has 2 unspecified atom stereocenters. The van der Waals surface area contributed by atoms with E-state index < -0.39 is 12.6 Å². The number of pyridine rings is 1. The molecule has 180 valence electrons. The van der Waals surface area contributed by atoms with Crippen molar-refractivity contribution in [1.29, 1.82) is 5.26 Å². The molecule has 11 heteroatoms. The number of benzene rings is 2. The number of ether oxygens (including phenoxy) is 1. The van der Waals surface area contributed by atoms with E-state index >= 15 is 0 Å². The van der Waals surface area contributed by atoms with Gasteiger partial charge >= 0.3 is 0 Å². The van der Waals surface area contributed by atoms with Gasteiger partial charge in [-0.3, -0.25) is 4.98 Å². The molecule has 9 nitrogen and oxygen atoms in total. The van der Waals surface area contributed by atoms with Gasteiger partial charge < -0.3 is 19.8 Å². The van der Waals surface area contributed by atoms with Crippen LogP contribution < -0.4 is 20.0 Å².